The SMILES string of the molecule is CC(CCc1ccccc1)NC(C)C(O)c1ccc(O)cc1.O=C1CC[C@@H](C(=O)O)N1. The van der Waals surface area contributed by atoms with Gasteiger partial charge in [0.15, 0.2) is 0 Å². The number of amides is 1. The zero-order valence-corrected chi connectivity index (χ0v) is 18.0. The van der Waals surface area contributed by atoms with Crippen molar-refractivity contribution < 1.29 is 24.9 Å². The van der Waals surface area contributed by atoms with Gasteiger partial charge in [0.2, 0.25) is 5.91 Å². The zero-order chi connectivity index (χ0) is 22.8. The average Bonchev–Trinajstić information content (AvgIpc) is 3.20. The van der Waals surface area contributed by atoms with Crippen molar-refractivity contribution in [1.82, 2.24) is 10.6 Å². The third-order valence-electron chi connectivity index (χ3n) is 5.26. The van der Waals surface area contributed by atoms with Crippen LogP contribution in [-0.4, -0.2) is 45.3 Å². The lowest BCUT2D eigenvalue weighted by Crippen LogP contribution is -2.38. The molecule has 0 saturated carbocycles. The van der Waals surface area contributed by atoms with E-state index in [0.29, 0.717) is 18.9 Å². The molecule has 168 valence electrons. The molecular weight excluding hydrogens is 396 g/mol. The summed E-state index contributed by atoms with van der Waals surface area (Å²) in [5.74, 6) is -0.893. The van der Waals surface area contributed by atoms with Crippen LogP contribution in [0, 0.1) is 0 Å². The van der Waals surface area contributed by atoms with Gasteiger partial charge in [-0.3, -0.25) is 4.79 Å². The number of carbonyl (C=O) groups excluding carboxylic acids is 1. The second kappa shape index (κ2) is 12.1. The first-order chi connectivity index (χ1) is 14.8. The quantitative estimate of drug-likeness (QED) is 0.441. The summed E-state index contributed by atoms with van der Waals surface area (Å²) >= 11 is 0. The Bertz CT molecular complexity index is 826. The first-order valence-electron chi connectivity index (χ1n) is 10.6. The highest BCUT2D eigenvalue weighted by Crippen LogP contribution is 2.20. The predicted octanol–water partition coefficient (Wildman–Crippen LogP) is 2.77. The second-order valence-corrected chi connectivity index (χ2v) is 7.91. The number of rotatable bonds is 8. The standard InChI is InChI=1S/C19H25NO2.C5H7NO3/c1-14(8-9-16-6-4-3-5-7-16)20-15(2)19(22)17-10-12-18(21)13-11-17;7-4-2-1-3(6-4)5(8)9/h3-7,10-15,19-22H,8-9H2,1-2H3;3H,1-2H2,(H,6,7)(H,8,9)/t;3-/m.0/s1. The molecule has 0 aromatic heterocycles. The molecule has 1 fully saturated rings. The van der Waals surface area contributed by atoms with Crippen LogP contribution in [0.1, 0.15) is 50.3 Å². The van der Waals surface area contributed by atoms with Gasteiger partial charge in [0.1, 0.15) is 11.8 Å². The number of phenols is 1. The number of aromatic hydroxyl groups is 1. The number of carboxylic acids is 1. The minimum Gasteiger partial charge on any atom is -0.508 e. The summed E-state index contributed by atoms with van der Waals surface area (Å²) in [6.07, 6.45) is 2.23. The summed E-state index contributed by atoms with van der Waals surface area (Å²) in [5, 5.41) is 33.8. The van der Waals surface area contributed by atoms with E-state index in [1.54, 1.807) is 24.3 Å². The summed E-state index contributed by atoms with van der Waals surface area (Å²) in [7, 11) is 0. The molecule has 31 heavy (non-hydrogen) atoms. The smallest absolute Gasteiger partial charge is 0.326 e. The van der Waals surface area contributed by atoms with Gasteiger partial charge in [0.05, 0.1) is 6.10 Å². The maximum atomic E-state index is 10.4. The van der Waals surface area contributed by atoms with E-state index in [-0.39, 0.29) is 17.7 Å². The van der Waals surface area contributed by atoms with Crippen LogP contribution >= 0.6 is 0 Å². The number of aliphatic carboxylic acids is 1. The first-order valence-corrected chi connectivity index (χ1v) is 10.6. The van der Waals surface area contributed by atoms with Crippen molar-refractivity contribution in [3.8, 4) is 5.75 Å². The van der Waals surface area contributed by atoms with Gasteiger partial charge in [-0.25, -0.2) is 4.79 Å². The van der Waals surface area contributed by atoms with Gasteiger partial charge in [-0.15, -0.1) is 0 Å². The monoisotopic (exact) mass is 428 g/mol. The maximum Gasteiger partial charge on any atom is 0.326 e. The van der Waals surface area contributed by atoms with Crippen molar-refractivity contribution in [3.05, 3.63) is 65.7 Å². The Labute approximate surface area is 183 Å². The molecule has 1 aliphatic rings. The average molecular weight is 429 g/mol. The number of aliphatic hydroxyl groups is 1. The van der Waals surface area contributed by atoms with Gasteiger partial charge in [0.25, 0.3) is 0 Å². The van der Waals surface area contributed by atoms with Crippen molar-refractivity contribution >= 4 is 11.9 Å². The van der Waals surface area contributed by atoms with Gasteiger partial charge < -0.3 is 26.0 Å². The van der Waals surface area contributed by atoms with Crippen LogP contribution in [0.5, 0.6) is 5.75 Å². The Morgan fingerprint density at radius 2 is 1.77 bits per heavy atom. The Balaban J connectivity index is 0.000000316. The lowest BCUT2D eigenvalue weighted by molar-refractivity contribution is -0.140. The molecule has 2 aromatic carbocycles. The third-order valence-corrected chi connectivity index (χ3v) is 5.26. The molecule has 2 aromatic rings. The molecule has 1 heterocycles. The fraction of sp³-hybridized carbons (Fsp3) is 0.417. The molecule has 7 heteroatoms. The van der Waals surface area contributed by atoms with E-state index in [2.05, 4.69) is 41.8 Å². The van der Waals surface area contributed by atoms with Crippen LogP contribution < -0.4 is 10.6 Å². The van der Waals surface area contributed by atoms with E-state index < -0.39 is 18.1 Å². The Morgan fingerprint density at radius 1 is 1.13 bits per heavy atom. The molecule has 0 spiro atoms. The number of phenolic OH excluding ortho intramolecular Hbond substituents is 1. The summed E-state index contributed by atoms with van der Waals surface area (Å²) in [5.41, 5.74) is 2.15. The highest BCUT2D eigenvalue weighted by Gasteiger charge is 2.26. The first kappa shape index (κ1) is 24.4. The molecule has 4 atom stereocenters. The maximum absolute atomic E-state index is 10.4. The van der Waals surface area contributed by atoms with Crippen LogP contribution in [0.25, 0.3) is 0 Å². The van der Waals surface area contributed by atoms with Crippen molar-refractivity contribution in [3.63, 3.8) is 0 Å². The second-order valence-electron chi connectivity index (χ2n) is 7.91. The molecule has 1 amide bonds. The molecule has 0 radical (unpaired) electrons. The highest BCUT2D eigenvalue weighted by molar-refractivity contribution is 5.87. The summed E-state index contributed by atoms with van der Waals surface area (Å²) < 4.78 is 0. The number of hydrogen-bond acceptors (Lipinski definition) is 5. The fourth-order valence-corrected chi connectivity index (χ4v) is 3.41. The van der Waals surface area contributed by atoms with E-state index in [0.717, 1.165) is 18.4 Å². The molecule has 3 rings (SSSR count). The minimum absolute atomic E-state index is 0.0460. The van der Waals surface area contributed by atoms with Gasteiger partial charge in [-0.1, -0.05) is 42.5 Å². The van der Waals surface area contributed by atoms with Gasteiger partial charge in [0, 0.05) is 18.5 Å². The summed E-state index contributed by atoms with van der Waals surface area (Å²) in [4.78, 5) is 20.5. The molecule has 1 saturated heterocycles. The molecular formula is C24H32N2O5. The normalized spacial score (nSPS) is 18.3. The van der Waals surface area contributed by atoms with Gasteiger partial charge in [-0.2, -0.15) is 0 Å². The Hall–Kier alpha value is -2.90. The van der Waals surface area contributed by atoms with Crippen molar-refractivity contribution in [2.45, 2.75) is 63.8 Å². The topological polar surface area (TPSA) is 119 Å². The van der Waals surface area contributed by atoms with Crippen LogP contribution in [0.15, 0.2) is 54.6 Å². The van der Waals surface area contributed by atoms with Crippen LogP contribution in [0.4, 0.5) is 0 Å². The minimum atomic E-state index is -0.944. The Morgan fingerprint density at radius 3 is 2.29 bits per heavy atom. The van der Waals surface area contributed by atoms with Crippen LogP contribution in [-0.2, 0) is 16.0 Å². The van der Waals surface area contributed by atoms with Crippen LogP contribution in [0.2, 0.25) is 0 Å². The van der Waals surface area contributed by atoms with E-state index in [1.807, 2.05) is 13.0 Å². The van der Waals surface area contributed by atoms with E-state index in [1.165, 1.54) is 5.56 Å². The molecule has 1 aliphatic heterocycles. The van der Waals surface area contributed by atoms with E-state index >= 15 is 0 Å². The number of aliphatic hydroxyl groups excluding tert-OH is 1. The van der Waals surface area contributed by atoms with Crippen molar-refractivity contribution in [2.24, 2.45) is 0 Å². The largest absolute Gasteiger partial charge is 0.508 e. The number of carbonyl (C=O) groups is 2. The van der Waals surface area contributed by atoms with Crippen molar-refractivity contribution in [1.29, 1.82) is 0 Å². The summed E-state index contributed by atoms with van der Waals surface area (Å²) in [6, 6.07) is 16.8. The van der Waals surface area contributed by atoms with Crippen LogP contribution in [0.3, 0.4) is 0 Å². The van der Waals surface area contributed by atoms with E-state index in [4.69, 9.17) is 5.11 Å². The molecule has 5 N–H and O–H groups in total. The number of nitrogens with one attached hydrogen (secondary N) is 2. The lowest BCUT2D eigenvalue weighted by Gasteiger charge is -2.25. The van der Waals surface area contributed by atoms with Crippen molar-refractivity contribution in [2.75, 3.05) is 0 Å². The molecule has 3 unspecified atom stereocenters. The zero-order valence-electron chi connectivity index (χ0n) is 18.0. The number of aryl methyl sites for hydroxylation is 1. The Kier molecular flexibility index (Phi) is 9.49. The highest BCUT2D eigenvalue weighted by atomic mass is 16.4. The van der Waals surface area contributed by atoms with Gasteiger partial charge >= 0.3 is 5.97 Å². The fourth-order valence-electron chi connectivity index (χ4n) is 3.41. The van der Waals surface area contributed by atoms with Gasteiger partial charge in [-0.05, 0) is 56.4 Å². The predicted molar refractivity (Wildman–Crippen MR) is 119 cm³/mol. The molecule has 0 aliphatic carbocycles. The molecule has 7 nitrogen and oxygen atoms in total. The number of carboxylic acid groups (broad SMARTS) is 1. The third kappa shape index (κ3) is 8.39. The summed E-state index contributed by atoms with van der Waals surface area (Å²) in [6.45, 7) is 4.12. The molecule has 0 bridgehead atoms. The lowest BCUT2D eigenvalue weighted by atomic mass is 10.0. The van der Waals surface area contributed by atoms with E-state index in [9.17, 15) is 19.8 Å². The number of hydrogen-bond donors (Lipinski definition) is 5. The number of benzene rings is 2.